The first kappa shape index (κ1) is 28.5. The number of nitrogens with zero attached hydrogens (tertiary/aromatic N) is 1. The van der Waals surface area contributed by atoms with Gasteiger partial charge in [-0.25, -0.2) is 0 Å². The fourth-order valence-corrected chi connectivity index (χ4v) is 7.98. The smallest absolute Gasteiger partial charge is 0.303 e. The summed E-state index contributed by atoms with van der Waals surface area (Å²) in [5.74, 6) is 0.978. The molecular formula is C33H49NO5. The van der Waals surface area contributed by atoms with Crippen LogP contribution in [0, 0.1) is 5.92 Å². The highest BCUT2D eigenvalue weighted by molar-refractivity contribution is 5.66. The van der Waals surface area contributed by atoms with Gasteiger partial charge in [0, 0.05) is 24.6 Å². The monoisotopic (exact) mass is 539 g/mol. The standard InChI is InChI=1S/C21H25NO3.C12H24O2/c1-12-6-7-21(24)16-10-14-4-5-15(23)18-17(14)20(21,19(12)25-18)8-9-22(16)11-13-2-3-13;1-2-3-4-5-6-7-8-9-10-11-12(13)14/h4-5,13,16,19,23-24H,1-3,6-11H2;2-11H2,1H3,(H,13,14)/t16-,19+,20+,21-;/m1./s1. The number of unbranched alkanes of at least 4 members (excludes halogenated alkanes) is 8. The van der Waals surface area contributed by atoms with Crippen molar-refractivity contribution in [3.05, 3.63) is 35.4 Å². The van der Waals surface area contributed by atoms with Crippen molar-refractivity contribution < 1.29 is 24.9 Å². The summed E-state index contributed by atoms with van der Waals surface area (Å²) in [5.41, 5.74) is 2.21. The van der Waals surface area contributed by atoms with Crippen molar-refractivity contribution in [2.24, 2.45) is 5.92 Å². The van der Waals surface area contributed by atoms with Crippen LogP contribution >= 0.6 is 0 Å². The third-order valence-electron chi connectivity index (χ3n) is 10.2. The van der Waals surface area contributed by atoms with Crippen LogP contribution in [0.5, 0.6) is 11.5 Å². The number of benzene rings is 1. The number of piperidine rings is 1. The molecule has 0 radical (unpaired) electrons. The molecular weight excluding hydrogens is 490 g/mol. The molecule has 3 aliphatic carbocycles. The van der Waals surface area contributed by atoms with Gasteiger partial charge in [-0.05, 0) is 74.6 Å². The van der Waals surface area contributed by atoms with Gasteiger partial charge in [-0.1, -0.05) is 70.9 Å². The highest BCUT2D eigenvalue weighted by Gasteiger charge is 2.71. The Balaban J connectivity index is 0.000000191. The first-order chi connectivity index (χ1) is 18.8. The predicted molar refractivity (Wildman–Crippen MR) is 153 cm³/mol. The van der Waals surface area contributed by atoms with Crippen LogP contribution in [0.1, 0.15) is 114 Å². The number of aromatic hydroxyl groups is 1. The molecule has 1 saturated heterocycles. The lowest BCUT2D eigenvalue weighted by atomic mass is 9.48. The topological polar surface area (TPSA) is 90.2 Å². The van der Waals surface area contributed by atoms with Crippen molar-refractivity contribution in [1.29, 1.82) is 0 Å². The Morgan fingerprint density at radius 2 is 1.77 bits per heavy atom. The SMILES string of the molecule is C=C1CC[C@@]2(O)[C@H]3Cc4ccc(O)c5c4[C@@]2(CCN3CC2CC2)[C@H]1O5.CCCCCCCCCCCC(=O)O. The molecule has 3 fully saturated rings. The fourth-order valence-electron chi connectivity index (χ4n) is 7.98. The van der Waals surface area contributed by atoms with Crippen LogP contribution in [0.3, 0.4) is 0 Å². The summed E-state index contributed by atoms with van der Waals surface area (Å²) in [6.07, 6.45) is 17.3. The lowest BCUT2D eigenvalue weighted by molar-refractivity contribution is -0.174. The van der Waals surface area contributed by atoms with E-state index in [2.05, 4.69) is 18.4 Å². The van der Waals surface area contributed by atoms with Crippen molar-refractivity contribution in [2.45, 2.75) is 133 Å². The Hall–Kier alpha value is -2.05. The molecule has 1 spiro atoms. The maximum Gasteiger partial charge on any atom is 0.303 e. The van der Waals surface area contributed by atoms with Gasteiger partial charge in [0.2, 0.25) is 0 Å². The zero-order chi connectivity index (χ0) is 27.6. The van der Waals surface area contributed by atoms with Crippen molar-refractivity contribution >= 4 is 5.97 Å². The average Bonchev–Trinajstić information content (AvgIpc) is 3.65. The van der Waals surface area contributed by atoms with E-state index >= 15 is 0 Å². The molecule has 6 heteroatoms. The number of carbonyl (C=O) groups is 1. The number of hydrogen-bond donors (Lipinski definition) is 3. The Morgan fingerprint density at radius 3 is 2.44 bits per heavy atom. The molecule has 6 rings (SSSR count). The molecule has 5 aliphatic rings. The van der Waals surface area contributed by atoms with E-state index in [-0.39, 0.29) is 17.9 Å². The Labute approximate surface area is 234 Å². The number of phenolic OH excluding ortho intramolecular Hbond substituents is 1. The van der Waals surface area contributed by atoms with Crippen molar-refractivity contribution in [3.8, 4) is 11.5 Å². The number of aliphatic hydroxyl groups is 1. The second-order valence-electron chi connectivity index (χ2n) is 12.9. The number of likely N-dealkylation sites (tertiary alicyclic amines) is 1. The maximum absolute atomic E-state index is 12.1. The summed E-state index contributed by atoms with van der Waals surface area (Å²) in [7, 11) is 0. The number of rotatable bonds is 12. The number of aliphatic carboxylic acids is 1. The quantitative estimate of drug-likeness (QED) is 0.207. The minimum atomic E-state index is -0.780. The van der Waals surface area contributed by atoms with Crippen LogP contribution in [-0.2, 0) is 16.6 Å². The van der Waals surface area contributed by atoms with Crippen LogP contribution in [-0.4, -0.2) is 57.0 Å². The van der Waals surface area contributed by atoms with E-state index in [1.807, 2.05) is 6.07 Å². The van der Waals surface area contributed by atoms with Crippen LogP contribution in [0.4, 0.5) is 0 Å². The van der Waals surface area contributed by atoms with Gasteiger partial charge < -0.3 is 20.1 Å². The summed E-state index contributed by atoms with van der Waals surface area (Å²) in [5, 5.41) is 30.9. The van der Waals surface area contributed by atoms with Gasteiger partial charge >= 0.3 is 5.97 Å². The predicted octanol–water partition coefficient (Wildman–Crippen LogP) is 6.50. The third-order valence-corrected chi connectivity index (χ3v) is 10.2. The van der Waals surface area contributed by atoms with Gasteiger partial charge in [-0.3, -0.25) is 9.69 Å². The Kier molecular flexibility index (Phi) is 8.63. The van der Waals surface area contributed by atoms with Gasteiger partial charge in [-0.15, -0.1) is 0 Å². The van der Waals surface area contributed by atoms with Crippen LogP contribution < -0.4 is 4.74 Å². The third kappa shape index (κ3) is 5.36. The second kappa shape index (κ2) is 11.8. The van der Waals surface area contributed by atoms with Gasteiger partial charge in [0.15, 0.2) is 11.5 Å². The summed E-state index contributed by atoms with van der Waals surface area (Å²) in [4.78, 5) is 12.8. The van der Waals surface area contributed by atoms with Gasteiger partial charge in [0.1, 0.15) is 6.10 Å². The lowest BCUT2D eigenvalue weighted by Crippen LogP contribution is -2.75. The molecule has 3 N–H and O–H groups in total. The largest absolute Gasteiger partial charge is 0.504 e. The highest BCUT2D eigenvalue weighted by atomic mass is 16.5. The molecule has 1 aromatic carbocycles. The minimum Gasteiger partial charge on any atom is -0.504 e. The van der Waals surface area contributed by atoms with E-state index in [1.54, 1.807) is 6.07 Å². The van der Waals surface area contributed by atoms with Gasteiger partial charge in [0.05, 0.1) is 11.0 Å². The first-order valence-electron chi connectivity index (χ1n) is 15.7. The molecule has 216 valence electrons. The molecule has 2 aliphatic heterocycles. The zero-order valence-electron chi connectivity index (χ0n) is 23.9. The van der Waals surface area contributed by atoms with Crippen molar-refractivity contribution in [3.63, 3.8) is 0 Å². The molecule has 0 aromatic heterocycles. The molecule has 4 atom stereocenters. The lowest BCUT2D eigenvalue weighted by Gasteiger charge is -2.63. The van der Waals surface area contributed by atoms with E-state index in [0.29, 0.717) is 12.2 Å². The van der Waals surface area contributed by atoms with Crippen molar-refractivity contribution in [1.82, 2.24) is 4.90 Å². The average molecular weight is 540 g/mol. The van der Waals surface area contributed by atoms with Gasteiger partial charge in [0.25, 0.3) is 0 Å². The number of phenols is 1. The summed E-state index contributed by atoms with van der Waals surface area (Å²) in [6, 6.07) is 3.96. The maximum atomic E-state index is 12.1. The van der Waals surface area contributed by atoms with E-state index in [4.69, 9.17) is 9.84 Å². The molecule has 6 nitrogen and oxygen atoms in total. The fraction of sp³-hybridized carbons (Fsp3) is 0.727. The van der Waals surface area contributed by atoms with Gasteiger partial charge in [-0.2, -0.15) is 0 Å². The molecule has 2 bridgehead atoms. The number of ether oxygens (including phenoxy) is 1. The van der Waals surface area contributed by atoms with Crippen LogP contribution in [0.2, 0.25) is 0 Å². The summed E-state index contributed by atoms with van der Waals surface area (Å²) in [6.45, 7) is 8.63. The number of carboxylic acid groups (broad SMARTS) is 1. The summed E-state index contributed by atoms with van der Waals surface area (Å²) < 4.78 is 6.29. The zero-order valence-corrected chi connectivity index (χ0v) is 23.9. The minimum absolute atomic E-state index is 0.157. The number of carboxylic acids is 1. The second-order valence-corrected chi connectivity index (χ2v) is 12.9. The van der Waals surface area contributed by atoms with E-state index in [1.165, 1.54) is 63.4 Å². The molecule has 39 heavy (non-hydrogen) atoms. The van der Waals surface area contributed by atoms with E-state index in [0.717, 1.165) is 68.7 Å². The highest BCUT2D eigenvalue weighted by Crippen LogP contribution is 2.66. The van der Waals surface area contributed by atoms with E-state index < -0.39 is 17.0 Å². The molecule has 2 saturated carbocycles. The Morgan fingerprint density at radius 1 is 1.08 bits per heavy atom. The van der Waals surface area contributed by atoms with Crippen LogP contribution in [0.25, 0.3) is 0 Å². The number of hydrogen-bond acceptors (Lipinski definition) is 5. The normalized spacial score (nSPS) is 30.3. The van der Waals surface area contributed by atoms with Crippen LogP contribution in [0.15, 0.2) is 24.3 Å². The first-order valence-corrected chi connectivity index (χ1v) is 15.7. The van der Waals surface area contributed by atoms with E-state index in [9.17, 15) is 15.0 Å². The summed E-state index contributed by atoms with van der Waals surface area (Å²) >= 11 is 0. The molecule has 0 amide bonds. The molecule has 0 unspecified atom stereocenters. The van der Waals surface area contributed by atoms with Crippen molar-refractivity contribution in [2.75, 3.05) is 13.1 Å². The Bertz CT molecular complexity index is 1050. The molecule has 1 aromatic rings. The molecule has 2 heterocycles.